The van der Waals surface area contributed by atoms with Crippen LogP contribution in [0.4, 0.5) is 0 Å². The second-order valence-corrected chi connectivity index (χ2v) is 8.38. The van der Waals surface area contributed by atoms with Crippen molar-refractivity contribution in [2.75, 3.05) is 6.54 Å². The molecule has 6 nitrogen and oxygen atoms in total. The summed E-state index contributed by atoms with van der Waals surface area (Å²) in [6.07, 6.45) is 1.25. The third-order valence-electron chi connectivity index (χ3n) is 4.52. The first-order chi connectivity index (χ1) is 14.3. The molecule has 2 aromatic carbocycles. The van der Waals surface area contributed by atoms with Crippen LogP contribution in [0.1, 0.15) is 31.7 Å². The van der Waals surface area contributed by atoms with Crippen LogP contribution in [0.15, 0.2) is 57.8 Å². The van der Waals surface area contributed by atoms with E-state index in [2.05, 4.69) is 49.1 Å². The number of hydrogen-bond donors (Lipinski definition) is 2. The van der Waals surface area contributed by atoms with Gasteiger partial charge in [-0.1, -0.05) is 20.3 Å². The minimum absolute atomic E-state index is 0.365. The van der Waals surface area contributed by atoms with Crippen LogP contribution in [0.25, 0.3) is 27.6 Å². The van der Waals surface area contributed by atoms with Crippen LogP contribution in [0.5, 0.6) is 0 Å². The molecule has 1 atom stereocenters. The van der Waals surface area contributed by atoms with Crippen molar-refractivity contribution in [2.45, 2.75) is 39.0 Å². The van der Waals surface area contributed by atoms with Crippen LogP contribution >= 0.6 is 0 Å². The van der Waals surface area contributed by atoms with Gasteiger partial charge in [-0.05, 0) is 56.3 Å². The number of furan rings is 1. The summed E-state index contributed by atoms with van der Waals surface area (Å²) in [6, 6.07) is 15.4. The quantitative estimate of drug-likeness (QED) is 0.465. The van der Waals surface area contributed by atoms with E-state index in [0.717, 1.165) is 33.4 Å². The number of carboxylic acids is 1. The van der Waals surface area contributed by atoms with Crippen LogP contribution < -0.4 is 4.72 Å². The molecule has 0 aliphatic heterocycles. The second kappa shape index (κ2) is 9.28. The average Bonchev–Trinajstić information content (AvgIpc) is 3.24. The monoisotopic (exact) mass is 426 g/mol. The number of aliphatic carboxylic acids is 1. The highest BCUT2D eigenvalue weighted by Crippen LogP contribution is 2.32. The van der Waals surface area contributed by atoms with E-state index in [1.54, 1.807) is 18.2 Å². The molecule has 0 spiro atoms. The Kier molecular flexibility index (Phi) is 6.74. The summed E-state index contributed by atoms with van der Waals surface area (Å²) in [4.78, 5) is 11.2. The molecule has 0 aliphatic rings. The summed E-state index contributed by atoms with van der Waals surface area (Å²) in [7, 11) is -1.60. The van der Waals surface area contributed by atoms with Gasteiger partial charge < -0.3 is 14.1 Å². The smallest absolute Gasteiger partial charge is 0.318 e. The minimum atomic E-state index is -1.60. The molecule has 0 saturated heterocycles. The molecule has 0 radical (unpaired) electrons. The summed E-state index contributed by atoms with van der Waals surface area (Å²) in [6.45, 7) is 8.00. The predicted octanol–water partition coefficient (Wildman–Crippen LogP) is 5.11. The number of carboxylic acid groups (broad SMARTS) is 1. The van der Waals surface area contributed by atoms with Crippen LogP contribution in [0, 0.1) is 13.8 Å². The Morgan fingerprint density at radius 3 is 2.30 bits per heavy atom. The Bertz CT molecular complexity index is 1200. The zero-order chi connectivity index (χ0) is 21.8. The number of benzene rings is 2. The largest absolute Gasteiger partial charge is 0.480 e. The van der Waals surface area contributed by atoms with E-state index in [4.69, 9.17) is 9.52 Å². The van der Waals surface area contributed by atoms with Gasteiger partial charge in [-0.15, -0.1) is 0 Å². The topological polar surface area (TPSA) is 84.5 Å². The van der Waals surface area contributed by atoms with Gasteiger partial charge in [-0.25, -0.2) is 8.93 Å². The summed E-state index contributed by atoms with van der Waals surface area (Å²) in [5.41, 5.74) is 4.75. The highest BCUT2D eigenvalue weighted by atomic mass is 32.2. The maximum absolute atomic E-state index is 12.2. The first-order valence-electron chi connectivity index (χ1n) is 9.84. The zero-order valence-corrected chi connectivity index (χ0v) is 18.4. The first kappa shape index (κ1) is 21.8. The summed E-state index contributed by atoms with van der Waals surface area (Å²) >= 11 is 0. The third-order valence-corrected chi connectivity index (χ3v) is 5.61. The summed E-state index contributed by atoms with van der Waals surface area (Å²) in [5.74, 6) is -1.05. The Hall–Kier alpha value is -2.90. The fourth-order valence-corrected chi connectivity index (χ4v) is 4.12. The molecular weight excluding hydrogens is 400 g/mol. The van der Waals surface area contributed by atoms with Gasteiger partial charge in [0.25, 0.3) is 0 Å². The molecule has 4 aromatic rings. The number of hydrogen-bond acceptors (Lipinski definition) is 3. The van der Waals surface area contributed by atoms with E-state index in [9.17, 15) is 9.00 Å². The van der Waals surface area contributed by atoms with E-state index in [1.165, 1.54) is 6.42 Å². The summed E-state index contributed by atoms with van der Waals surface area (Å²) in [5, 5.41) is 10.5. The maximum atomic E-state index is 12.2. The lowest BCUT2D eigenvalue weighted by atomic mass is 10.1. The first-order valence-corrected chi connectivity index (χ1v) is 11.0. The van der Waals surface area contributed by atoms with E-state index >= 15 is 0 Å². The van der Waals surface area contributed by atoms with Crippen molar-refractivity contribution in [3.05, 3.63) is 59.9 Å². The van der Waals surface area contributed by atoms with Crippen molar-refractivity contribution in [3.8, 4) is 5.69 Å². The molecule has 4 rings (SSSR count). The highest BCUT2D eigenvalue weighted by Gasteiger charge is 2.13. The van der Waals surface area contributed by atoms with Crippen molar-refractivity contribution in [2.24, 2.45) is 0 Å². The van der Waals surface area contributed by atoms with Crippen LogP contribution in [0.3, 0.4) is 0 Å². The number of nitrogens with zero attached hydrogens (tertiary/aromatic N) is 1. The van der Waals surface area contributed by atoms with Gasteiger partial charge in [0.1, 0.15) is 28.7 Å². The van der Waals surface area contributed by atoms with Crippen molar-refractivity contribution in [1.29, 1.82) is 0 Å². The molecule has 0 fully saturated rings. The van der Waals surface area contributed by atoms with Crippen molar-refractivity contribution < 1.29 is 18.5 Å². The Labute approximate surface area is 178 Å². The molecule has 7 heteroatoms. The van der Waals surface area contributed by atoms with Gasteiger partial charge in [0.05, 0.1) is 4.90 Å². The van der Waals surface area contributed by atoms with Crippen LogP contribution in [-0.4, -0.2) is 26.4 Å². The van der Waals surface area contributed by atoms with Crippen molar-refractivity contribution >= 4 is 38.9 Å². The number of rotatable bonds is 5. The number of aromatic nitrogens is 1. The highest BCUT2D eigenvalue weighted by molar-refractivity contribution is 7.83. The molecule has 2 heterocycles. The molecule has 0 saturated carbocycles. The second-order valence-electron chi connectivity index (χ2n) is 7.08. The Morgan fingerprint density at radius 1 is 1.00 bits per heavy atom. The molecule has 2 aromatic heterocycles. The lowest BCUT2D eigenvalue weighted by Crippen LogP contribution is -2.24. The lowest BCUT2D eigenvalue weighted by molar-refractivity contribution is -0.135. The minimum Gasteiger partial charge on any atom is -0.480 e. The Balaban J connectivity index is 0.000000806. The van der Waals surface area contributed by atoms with Gasteiger partial charge in [-0.3, -0.25) is 4.79 Å². The van der Waals surface area contributed by atoms with Crippen molar-refractivity contribution in [3.63, 3.8) is 0 Å². The van der Waals surface area contributed by atoms with Gasteiger partial charge in [-0.2, -0.15) is 0 Å². The van der Waals surface area contributed by atoms with Crippen LogP contribution in [-0.2, 0) is 15.8 Å². The SMILES string of the molecule is CCC.Cc1ccc(C)n1-c1ccc2c(c1)oc1ccc(S(=O)NCC(=O)O)cc12. The van der Waals surface area contributed by atoms with E-state index in [-0.39, 0.29) is 6.54 Å². The molecule has 0 bridgehead atoms. The Morgan fingerprint density at radius 2 is 1.67 bits per heavy atom. The van der Waals surface area contributed by atoms with E-state index < -0.39 is 17.0 Å². The molecule has 0 aliphatic carbocycles. The number of aryl methyl sites for hydroxylation is 2. The normalized spacial score (nSPS) is 12.0. The zero-order valence-electron chi connectivity index (χ0n) is 17.6. The van der Waals surface area contributed by atoms with Crippen LogP contribution in [0.2, 0.25) is 0 Å². The van der Waals surface area contributed by atoms with Gasteiger partial charge >= 0.3 is 5.97 Å². The standard InChI is InChI=1S/C20H18N2O4S.C3H8/c1-12-3-4-13(2)22(12)14-5-7-16-17-10-15(27(25)21-11-20(23)24)6-8-18(17)26-19(16)9-14;1-3-2/h3-10,21H,11H2,1-2H3,(H,23,24);3H2,1-2H3. The third kappa shape index (κ3) is 4.47. The molecule has 0 amide bonds. The molecule has 1 unspecified atom stereocenters. The number of nitrogens with one attached hydrogen (secondary N) is 1. The predicted molar refractivity (Wildman–Crippen MR) is 121 cm³/mol. The van der Waals surface area contributed by atoms with Crippen molar-refractivity contribution in [1.82, 2.24) is 9.29 Å². The van der Waals surface area contributed by atoms with E-state index in [1.807, 2.05) is 18.2 Å². The summed E-state index contributed by atoms with van der Waals surface area (Å²) < 4.78 is 22.9. The maximum Gasteiger partial charge on any atom is 0.318 e. The lowest BCUT2D eigenvalue weighted by Gasteiger charge is -2.09. The molecule has 2 N–H and O–H groups in total. The fourth-order valence-electron chi connectivity index (χ4n) is 3.29. The van der Waals surface area contributed by atoms with Gasteiger partial charge in [0, 0.05) is 33.9 Å². The number of fused-ring (bicyclic) bond motifs is 3. The average molecular weight is 427 g/mol. The number of carbonyl (C=O) groups is 1. The van der Waals surface area contributed by atoms with E-state index in [0.29, 0.717) is 10.5 Å². The van der Waals surface area contributed by atoms with Gasteiger partial charge in [0.15, 0.2) is 0 Å². The molecular formula is C23H26N2O4S. The van der Waals surface area contributed by atoms with Gasteiger partial charge in [0.2, 0.25) is 0 Å². The molecule has 158 valence electrons. The molecule has 30 heavy (non-hydrogen) atoms. The fraction of sp³-hybridized carbons (Fsp3) is 0.261.